The van der Waals surface area contributed by atoms with Crippen molar-refractivity contribution in [2.45, 2.75) is 33.2 Å². The normalized spacial score (nSPS) is 12.7. The molecular weight excluding hydrogens is 252 g/mol. The van der Waals surface area contributed by atoms with Crippen LogP contribution < -0.4 is 5.32 Å². The molecule has 1 rings (SSSR count). The molecule has 0 saturated heterocycles. The van der Waals surface area contributed by atoms with Gasteiger partial charge in [-0.1, -0.05) is 26.0 Å². The van der Waals surface area contributed by atoms with E-state index in [1.807, 2.05) is 6.92 Å². The standard InChI is InChI=1S/C14H21F2NS/c1-4-8-18-9-12(17-5-2)11-7-6-10(3)13(15)14(11)16/h6-7,12,17H,4-5,8-9H2,1-3H3. The van der Waals surface area contributed by atoms with Crippen LogP contribution in [0, 0.1) is 18.6 Å². The molecule has 18 heavy (non-hydrogen) atoms. The monoisotopic (exact) mass is 273 g/mol. The molecule has 0 aliphatic carbocycles. The van der Waals surface area contributed by atoms with E-state index in [0.717, 1.165) is 24.5 Å². The SMILES string of the molecule is CCCSCC(NCC)c1ccc(C)c(F)c1F. The van der Waals surface area contributed by atoms with E-state index in [9.17, 15) is 8.78 Å². The third kappa shape index (κ3) is 3.95. The summed E-state index contributed by atoms with van der Waals surface area (Å²) in [6, 6.07) is 3.21. The molecule has 0 fully saturated rings. The van der Waals surface area contributed by atoms with Gasteiger partial charge in [0.25, 0.3) is 0 Å². The summed E-state index contributed by atoms with van der Waals surface area (Å²) in [6.07, 6.45) is 1.09. The van der Waals surface area contributed by atoms with Crippen molar-refractivity contribution in [2.75, 3.05) is 18.1 Å². The average Bonchev–Trinajstić information content (AvgIpc) is 2.36. The van der Waals surface area contributed by atoms with Gasteiger partial charge in [0.1, 0.15) is 0 Å². The molecule has 0 spiro atoms. The molecule has 0 heterocycles. The van der Waals surface area contributed by atoms with Gasteiger partial charge >= 0.3 is 0 Å². The lowest BCUT2D eigenvalue weighted by atomic mass is 10.0. The number of hydrogen-bond donors (Lipinski definition) is 1. The molecule has 4 heteroatoms. The molecule has 102 valence electrons. The van der Waals surface area contributed by atoms with Crippen LogP contribution in [0.3, 0.4) is 0 Å². The lowest BCUT2D eigenvalue weighted by molar-refractivity contribution is 0.474. The molecule has 0 aliphatic heterocycles. The lowest BCUT2D eigenvalue weighted by Gasteiger charge is -2.19. The van der Waals surface area contributed by atoms with Crippen LogP contribution >= 0.6 is 11.8 Å². The maximum Gasteiger partial charge on any atom is 0.163 e. The van der Waals surface area contributed by atoms with E-state index in [1.54, 1.807) is 30.8 Å². The van der Waals surface area contributed by atoms with Gasteiger partial charge in [-0.05, 0) is 31.2 Å². The van der Waals surface area contributed by atoms with Crippen LogP contribution in [0.5, 0.6) is 0 Å². The van der Waals surface area contributed by atoms with E-state index in [1.165, 1.54) is 0 Å². The fourth-order valence-electron chi connectivity index (χ4n) is 1.78. The molecule has 0 aromatic heterocycles. The Morgan fingerprint density at radius 2 is 1.94 bits per heavy atom. The van der Waals surface area contributed by atoms with Crippen LogP contribution in [-0.4, -0.2) is 18.1 Å². The number of halogens is 2. The zero-order valence-corrected chi connectivity index (χ0v) is 12.0. The summed E-state index contributed by atoms with van der Waals surface area (Å²) in [5.41, 5.74) is 0.788. The van der Waals surface area contributed by atoms with Crippen molar-refractivity contribution in [3.8, 4) is 0 Å². The summed E-state index contributed by atoms with van der Waals surface area (Å²) in [7, 11) is 0. The first-order chi connectivity index (χ1) is 8.61. The number of aryl methyl sites for hydroxylation is 1. The fourth-order valence-corrected chi connectivity index (χ4v) is 2.77. The highest BCUT2D eigenvalue weighted by Gasteiger charge is 2.18. The quantitative estimate of drug-likeness (QED) is 0.752. The van der Waals surface area contributed by atoms with Crippen LogP contribution in [0.4, 0.5) is 8.78 Å². The Kier molecular flexibility index (Phi) is 6.65. The number of rotatable bonds is 7. The molecule has 1 atom stereocenters. The predicted molar refractivity (Wildman–Crippen MR) is 75.1 cm³/mol. The largest absolute Gasteiger partial charge is 0.309 e. The molecule has 0 amide bonds. The Morgan fingerprint density at radius 3 is 2.56 bits per heavy atom. The van der Waals surface area contributed by atoms with E-state index in [0.29, 0.717) is 11.1 Å². The van der Waals surface area contributed by atoms with Crippen molar-refractivity contribution in [1.29, 1.82) is 0 Å². The predicted octanol–water partition coefficient (Wildman–Crippen LogP) is 4.07. The van der Waals surface area contributed by atoms with Gasteiger partial charge in [-0.2, -0.15) is 11.8 Å². The molecule has 0 radical (unpaired) electrons. The summed E-state index contributed by atoms with van der Waals surface area (Å²) in [5.74, 6) is 0.368. The Bertz CT molecular complexity index is 382. The minimum atomic E-state index is -0.726. The van der Waals surface area contributed by atoms with Gasteiger partial charge in [0, 0.05) is 17.4 Å². The second-order valence-corrected chi connectivity index (χ2v) is 5.43. The summed E-state index contributed by atoms with van der Waals surface area (Å²) >= 11 is 1.76. The van der Waals surface area contributed by atoms with Crippen molar-refractivity contribution < 1.29 is 8.78 Å². The second kappa shape index (κ2) is 7.74. The van der Waals surface area contributed by atoms with Crippen LogP contribution in [-0.2, 0) is 0 Å². The number of nitrogens with one attached hydrogen (secondary N) is 1. The number of benzene rings is 1. The van der Waals surface area contributed by atoms with Crippen molar-refractivity contribution in [2.24, 2.45) is 0 Å². The van der Waals surface area contributed by atoms with Crippen LogP contribution in [0.2, 0.25) is 0 Å². The smallest absolute Gasteiger partial charge is 0.163 e. The summed E-state index contributed by atoms with van der Waals surface area (Å²) in [4.78, 5) is 0. The van der Waals surface area contributed by atoms with Crippen LogP contribution in [0.1, 0.15) is 37.4 Å². The second-order valence-electron chi connectivity index (χ2n) is 4.28. The van der Waals surface area contributed by atoms with E-state index < -0.39 is 11.6 Å². The van der Waals surface area contributed by atoms with E-state index in [2.05, 4.69) is 12.2 Å². The van der Waals surface area contributed by atoms with Crippen molar-refractivity contribution >= 4 is 11.8 Å². The van der Waals surface area contributed by atoms with Crippen molar-refractivity contribution in [3.63, 3.8) is 0 Å². The first-order valence-corrected chi connectivity index (χ1v) is 7.52. The molecule has 1 unspecified atom stereocenters. The van der Waals surface area contributed by atoms with E-state index in [4.69, 9.17) is 0 Å². The number of hydrogen-bond acceptors (Lipinski definition) is 2. The topological polar surface area (TPSA) is 12.0 Å². The third-order valence-corrected chi connectivity index (χ3v) is 4.03. The zero-order chi connectivity index (χ0) is 13.5. The molecule has 0 aliphatic rings. The molecular formula is C14H21F2NS. The molecule has 0 bridgehead atoms. The molecule has 1 N–H and O–H groups in total. The van der Waals surface area contributed by atoms with Crippen LogP contribution in [0.15, 0.2) is 12.1 Å². The summed E-state index contributed by atoms with van der Waals surface area (Å²) in [5, 5.41) is 3.22. The average molecular weight is 273 g/mol. The first kappa shape index (κ1) is 15.4. The molecule has 1 aromatic carbocycles. The highest BCUT2D eigenvalue weighted by atomic mass is 32.2. The zero-order valence-electron chi connectivity index (χ0n) is 11.2. The lowest BCUT2D eigenvalue weighted by Crippen LogP contribution is -2.24. The first-order valence-electron chi connectivity index (χ1n) is 6.37. The van der Waals surface area contributed by atoms with Gasteiger partial charge < -0.3 is 5.32 Å². The van der Waals surface area contributed by atoms with Crippen LogP contribution in [0.25, 0.3) is 0 Å². The molecule has 0 saturated carbocycles. The third-order valence-electron chi connectivity index (χ3n) is 2.76. The maximum absolute atomic E-state index is 13.9. The van der Waals surface area contributed by atoms with Crippen molar-refractivity contribution in [3.05, 3.63) is 34.9 Å². The number of thioether (sulfide) groups is 1. The van der Waals surface area contributed by atoms with Gasteiger partial charge in [0.2, 0.25) is 0 Å². The molecule has 1 nitrogen and oxygen atoms in total. The Balaban J connectivity index is 2.87. The van der Waals surface area contributed by atoms with Gasteiger partial charge in [-0.3, -0.25) is 0 Å². The van der Waals surface area contributed by atoms with E-state index in [-0.39, 0.29) is 6.04 Å². The van der Waals surface area contributed by atoms with Gasteiger partial charge in [0.15, 0.2) is 11.6 Å². The molecule has 1 aromatic rings. The van der Waals surface area contributed by atoms with Gasteiger partial charge in [0.05, 0.1) is 0 Å². The highest BCUT2D eigenvalue weighted by Crippen LogP contribution is 2.24. The highest BCUT2D eigenvalue weighted by molar-refractivity contribution is 7.99. The minimum Gasteiger partial charge on any atom is -0.309 e. The Hall–Kier alpha value is -0.610. The van der Waals surface area contributed by atoms with Gasteiger partial charge in [-0.15, -0.1) is 0 Å². The summed E-state index contributed by atoms with van der Waals surface area (Å²) in [6.45, 7) is 6.41. The van der Waals surface area contributed by atoms with Crippen molar-refractivity contribution in [1.82, 2.24) is 5.32 Å². The minimum absolute atomic E-state index is 0.123. The Morgan fingerprint density at radius 1 is 1.22 bits per heavy atom. The maximum atomic E-state index is 13.9. The fraction of sp³-hybridized carbons (Fsp3) is 0.571. The van der Waals surface area contributed by atoms with Gasteiger partial charge in [-0.25, -0.2) is 8.78 Å². The van der Waals surface area contributed by atoms with E-state index >= 15 is 0 Å². The Labute approximate surface area is 112 Å². The summed E-state index contributed by atoms with van der Waals surface area (Å²) < 4.78 is 27.5.